The fourth-order valence-corrected chi connectivity index (χ4v) is 4.55. The van der Waals surface area contributed by atoms with Crippen LogP contribution in [0.15, 0.2) is 58.3 Å². The number of benzene rings is 2. The first-order valence-electron chi connectivity index (χ1n) is 9.54. The fraction of sp³-hybridized carbons (Fsp3) is 0.273. The first-order chi connectivity index (χ1) is 14.1. The third-order valence-electron chi connectivity index (χ3n) is 4.85. The average Bonchev–Trinajstić information content (AvgIpc) is 3.25. The van der Waals surface area contributed by atoms with Gasteiger partial charge in [-0.3, -0.25) is 14.5 Å². The monoisotopic (exact) mass is 428 g/mol. The zero-order valence-corrected chi connectivity index (χ0v) is 17.3. The van der Waals surface area contributed by atoms with Crippen LogP contribution in [0.2, 0.25) is 5.02 Å². The van der Waals surface area contributed by atoms with Gasteiger partial charge in [0.25, 0.3) is 5.91 Å². The Bertz CT molecular complexity index is 939. The molecule has 0 unspecified atom stereocenters. The Morgan fingerprint density at radius 3 is 2.79 bits per heavy atom. The van der Waals surface area contributed by atoms with E-state index in [1.807, 2.05) is 42.5 Å². The van der Waals surface area contributed by atoms with Crippen LogP contribution in [0, 0.1) is 0 Å². The van der Waals surface area contributed by atoms with Gasteiger partial charge in [-0.25, -0.2) is 0 Å². The van der Waals surface area contributed by atoms with Gasteiger partial charge in [0.05, 0.1) is 16.7 Å². The summed E-state index contributed by atoms with van der Waals surface area (Å²) in [5.41, 5.74) is 1.63. The van der Waals surface area contributed by atoms with E-state index in [1.54, 1.807) is 17.0 Å². The van der Waals surface area contributed by atoms with Gasteiger partial charge in [0.1, 0.15) is 6.54 Å². The molecule has 29 heavy (non-hydrogen) atoms. The summed E-state index contributed by atoms with van der Waals surface area (Å²) in [5, 5.41) is 3.54. The number of hydrogen-bond donors (Lipinski definition) is 1. The van der Waals surface area contributed by atoms with Crippen LogP contribution >= 0.6 is 23.4 Å². The summed E-state index contributed by atoms with van der Waals surface area (Å²) in [6.45, 7) is 1.19. The number of fused-ring (bicyclic) bond motifs is 1. The van der Waals surface area contributed by atoms with Crippen molar-refractivity contribution in [2.75, 3.05) is 24.6 Å². The third kappa shape index (κ3) is 4.83. The van der Waals surface area contributed by atoms with Crippen molar-refractivity contribution in [2.45, 2.75) is 23.8 Å². The summed E-state index contributed by atoms with van der Waals surface area (Å²) >= 11 is 7.37. The van der Waals surface area contributed by atoms with Crippen molar-refractivity contribution in [1.82, 2.24) is 5.32 Å². The predicted octanol–water partition coefficient (Wildman–Crippen LogP) is 4.12. The van der Waals surface area contributed by atoms with Crippen LogP contribution in [-0.4, -0.2) is 37.6 Å². The number of nitrogens with zero attached hydrogens (tertiary/aromatic N) is 1. The van der Waals surface area contributed by atoms with Gasteiger partial charge in [0.15, 0.2) is 0 Å². The smallest absolute Gasteiger partial charge is 0.265 e. The SMILES string of the molecule is O=C(CN1C(=O)/C(=C\c2ccc(Cl)cc2)Sc2ccccc21)NC[C@H]1CCCO1. The van der Waals surface area contributed by atoms with E-state index in [9.17, 15) is 9.59 Å². The van der Waals surface area contributed by atoms with E-state index in [0.29, 0.717) is 16.5 Å². The molecule has 4 rings (SSSR count). The molecule has 1 fully saturated rings. The van der Waals surface area contributed by atoms with Crippen LogP contribution in [0.5, 0.6) is 0 Å². The van der Waals surface area contributed by atoms with Crippen LogP contribution in [0.1, 0.15) is 18.4 Å². The molecule has 7 heteroatoms. The van der Waals surface area contributed by atoms with Crippen LogP contribution in [-0.2, 0) is 14.3 Å². The lowest BCUT2D eigenvalue weighted by Crippen LogP contribution is -2.44. The molecule has 1 saturated heterocycles. The first kappa shape index (κ1) is 20.0. The normalized spacial score (nSPS) is 20.0. The van der Waals surface area contributed by atoms with Crippen molar-refractivity contribution in [3.63, 3.8) is 0 Å². The van der Waals surface area contributed by atoms with Gasteiger partial charge in [-0.2, -0.15) is 0 Å². The molecule has 0 spiro atoms. The number of anilines is 1. The minimum atomic E-state index is -0.193. The Hall–Kier alpha value is -2.28. The molecule has 0 saturated carbocycles. The average molecular weight is 429 g/mol. The summed E-state index contributed by atoms with van der Waals surface area (Å²) in [4.78, 5) is 28.7. The molecule has 5 nitrogen and oxygen atoms in total. The van der Waals surface area contributed by atoms with E-state index in [-0.39, 0.29) is 24.5 Å². The molecule has 150 valence electrons. The minimum Gasteiger partial charge on any atom is -0.376 e. The fourth-order valence-electron chi connectivity index (χ4n) is 3.36. The zero-order valence-electron chi connectivity index (χ0n) is 15.8. The standard InChI is InChI=1S/C22H21ClN2O3S/c23-16-9-7-15(8-10-16)12-20-22(27)25(18-5-1-2-6-19(18)29-20)14-21(26)24-13-17-4-3-11-28-17/h1-2,5-10,12,17H,3-4,11,13-14H2,(H,24,26)/b20-12+/t17-/m1/s1. The molecule has 2 aromatic carbocycles. The molecular weight excluding hydrogens is 408 g/mol. The van der Waals surface area contributed by atoms with Crippen molar-refractivity contribution in [3.8, 4) is 0 Å². The lowest BCUT2D eigenvalue weighted by Gasteiger charge is -2.30. The second-order valence-corrected chi connectivity index (χ2v) is 8.48. The number of rotatable bonds is 5. The number of hydrogen-bond acceptors (Lipinski definition) is 4. The van der Waals surface area contributed by atoms with Gasteiger partial charge in [-0.15, -0.1) is 0 Å². The predicted molar refractivity (Wildman–Crippen MR) is 116 cm³/mol. The Labute approximate surface area is 179 Å². The number of thioether (sulfide) groups is 1. The van der Waals surface area contributed by atoms with Gasteiger partial charge >= 0.3 is 0 Å². The number of nitrogens with one attached hydrogen (secondary N) is 1. The van der Waals surface area contributed by atoms with Crippen molar-refractivity contribution >= 4 is 46.9 Å². The third-order valence-corrected chi connectivity index (χ3v) is 6.18. The highest BCUT2D eigenvalue weighted by atomic mass is 35.5. The highest BCUT2D eigenvalue weighted by Gasteiger charge is 2.30. The Morgan fingerprint density at radius 1 is 1.24 bits per heavy atom. The van der Waals surface area contributed by atoms with E-state index in [2.05, 4.69) is 5.32 Å². The molecule has 0 aromatic heterocycles. The largest absolute Gasteiger partial charge is 0.376 e. The molecule has 1 atom stereocenters. The second-order valence-electron chi connectivity index (χ2n) is 6.96. The maximum atomic E-state index is 13.2. The molecule has 2 aliphatic rings. The zero-order chi connectivity index (χ0) is 20.2. The lowest BCUT2D eigenvalue weighted by atomic mass is 10.2. The number of para-hydroxylation sites is 1. The summed E-state index contributed by atoms with van der Waals surface area (Å²) in [7, 11) is 0. The highest BCUT2D eigenvalue weighted by molar-refractivity contribution is 8.04. The van der Waals surface area contributed by atoms with Crippen molar-refractivity contribution in [3.05, 3.63) is 64.0 Å². The quantitative estimate of drug-likeness (QED) is 0.728. The summed E-state index contributed by atoms with van der Waals surface area (Å²) in [5.74, 6) is -0.377. The molecule has 2 amide bonds. The minimum absolute atomic E-state index is 0.0267. The molecule has 2 heterocycles. The van der Waals surface area contributed by atoms with Crippen LogP contribution in [0.25, 0.3) is 6.08 Å². The van der Waals surface area contributed by atoms with Crippen LogP contribution in [0.3, 0.4) is 0 Å². The Kier molecular flexibility index (Phi) is 6.23. The van der Waals surface area contributed by atoms with Crippen molar-refractivity contribution < 1.29 is 14.3 Å². The van der Waals surface area contributed by atoms with Crippen LogP contribution in [0.4, 0.5) is 5.69 Å². The van der Waals surface area contributed by atoms with Crippen molar-refractivity contribution in [2.24, 2.45) is 0 Å². The van der Waals surface area contributed by atoms with Gasteiger partial charge in [-0.1, -0.05) is 47.6 Å². The van der Waals surface area contributed by atoms with E-state index >= 15 is 0 Å². The van der Waals surface area contributed by atoms with Crippen molar-refractivity contribution in [1.29, 1.82) is 0 Å². The van der Waals surface area contributed by atoms with E-state index < -0.39 is 0 Å². The number of ether oxygens (including phenoxy) is 1. The van der Waals surface area contributed by atoms with E-state index in [4.69, 9.17) is 16.3 Å². The number of halogens is 1. The number of carbonyl (C=O) groups is 2. The summed E-state index contributed by atoms with van der Waals surface area (Å²) in [6, 6.07) is 14.9. The highest BCUT2D eigenvalue weighted by Crippen LogP contribution is 2.41. The maximum Gasteiger partial charge on any atom is 0.265 e. The van der Waals surface area contributed by atoms with E-state index in [0.717, 1.165) is 35.6 Å². The first-order valence-corrected chi connectivity index (χ1v) is 10.7. The molecule has 2 aromatic rings. The number of carbonyl (C=O) groups excluding carboxylic acids is 2. The van der Waals surface area contributed by atoms with E-state index in [1.165, 1.54) is 11.8 Å². The van der Waals surface area contributed by atoms with Gasteiger partial charge in [0.2, 0.25) is 5.91 Å². The molecule has 0 radical (unpaired) electrons. The van der Waals surface area contributed by atoms with Gasteiger partial charge in [0, 0.05) is 23.1 Å². The van der Waals surface area contributed by atoms with Gasteiger partial charge in [-0.05, 0) is 48.7 Å². The molecule has 0 aliphatic carbocycles. The molecule has 0 bridgehead atoms. The second kappa shape index (κ2) is 9.03. The topological polar surface area (TPSA) is 58.6 Å². The Balaban J connectivity index is 1.53. The van der Waals surface area contributed by atoms with Crippen LogP contribution < -0.4 is 10.2 Å². The lowest BCUT2D eigenvalue weighted by molar-refractivity contribution is -0.122. The molecular formula is C22H21ClN2O3S. The summed E-state index contributed by atoms with van der Waals surface area (Å²) < 4.78 is 5.55. The van der Waals surface area contributed by atoms with Gasteiger partial charge < -0.3 is 10.1 Å². The number of amides is 2. The maximum absolute atomic E-state index is 13.2. The molecule has 1 N–H and O–H groups in total. The Morgan fingerprint density at radius 2 is 2.03 bits per heavy atom. The molecule has 2 aliphatic heterocycles. The summed E-state index contributed by atoms with van der Waals surface area (Å²) in [6.07, 6.45) is 3.88.